The molecule has 2 unspecified atom stereocenters. The van der Waals surface area contributed by atoms with Gasteiger partial charge in [-0.1, -0.05) is 26.3 Å². The fourth-order valence-electron chi connectivity index (χ4n) is 3.44. The van der Waals surface area contributed by atoms with Crippen LogP contribution in [0.5, 0.6) is 0 Å². The molecule has 4 heteroatoms. The van der Waals surface area contributed by atoms with E-state index in [4.69, 9.17) is 10.7 Å². The van der Waals surface area contributed by atoms with E-state index < -0.39 is 0 Å². The molecule has 114 valence electrons. The van der Waals surface area contributed by atoms with Gasteiger partial charge in [-0.25, -0.2) is 4.98 Å². The summed E-state index contributed by atoms with van der Waals surface area (Å²) in [5.74, 6) is 0.648. The minimum Gasteiger partial charge on any atom is -0.326 e. The number of imidazole rings is 1. The van der Waals surface area contributed by atoms with Crippen LogP contribution in [0.4, 0.5) is 0 Å². The SMILES string of the molecule is CC(C)CN1CCCCC(N)C1c1cn2ccccc2n1. The third kappa shape index (κ3) is 3.11. The Morgan fingerprint density at radius 2 is 2.19 bits per heavy atom. The van der Waals surface area contributed by atoms with Crippen molar-refractivity contribution in [3.8, 4) is 0 Å². The lowest BCUT2D eigenvalue weighted by Crippen LogP contribution is -2.41. The van der Waals surface area contributed by atoms with Crippen LogP contribution >= 0.6 is 0 Å². The highest BCUT2D eigenvalue weighted by atomic mass is 15.2. The Morgan fingerprint density at radius 1 is 1.33 bits per heavy atom. The van der Waals surface area contributed by atoms with Crippen molar-refractivity contribution in [1.29, 1.82) is 0 Å². The van der Waals surface area contributed by atoms with Crippen LogP contribution in [0, 0.1) is 5.92 Å². The fraction of sp³-hybridized carbons (Fsp3) is 0.588. The predicted octanol–water partition coefficient (Wildman–Crippen LogP) is 2.84. The van der Waals surface area contributed by atoms with E-state index in [0.29, 0.717) is 5.92 Å². The molecule has 1 saturated heterocycles. The molecule has 4 nitrogen and oxygen atoms in total. The van der Waals surface area contributed by atoms with Gasteiger partial charge in [-0.3, -0.25) is 4.90 Å². The second-order valence-corrected chi connectivity index (χ2v) is 6.63. The molecule has 0 radical (unpaired) electrons. The van der Waals surface area contributed by atoms with Gasteiger partial charge < -0.3 is 10.1 Å². The molecular weight excluding hydrogens is 260 g/mol. The van der Waals surface area contributed by atoms with Gasteiger partial charge in [0.05, 0.1) is 11.7 Å². The van der Waals surface area contributed by atoms with Crippen molar-refractivity contribution >= 4 is 5.65 Å². The summed E-state index contributed by atoms with van der Waals surface area (Å²) in [5, 5.41) is 0. The zero-order valence-electron chi connectivity index (χ0n) is 13.1. The first-order chi connectivity index (χ1) is 10.1. The molecule has 0 bridgehead atoms. The summed E-state index contributed by atoms with van der Waals surface area (Å²) in [5.41, 5.74) is 8.64. The predicted molar refractivity (Wildman–Crippen MR) is 86.2 cm³/mol. The number of fused-ring (bicyclic) bond motifs is 1. The average molecular weight is 286 g/mol. The molecule has 1 aliphatic rings. The highest BCUT2D eigenvalue weighted by molar-refractivity contribution is 5.40. The van der Waals surface area contributed by atoms with Crippen LogP contribution in [0.1, 0.15) is 44.8 Å². The molecule has 2 N–H and O–H groups in total. The molecule has 1 aliphatic heterocycles. The van der Waals surface area contributed by atoms with E-state index in [2.05, 4.69) is 41.6 Å². The lowest BCUT2D eigenvalue weighted by Gasteiger charge is -2.33. The summed E-state index contributed by atoms with van der Waals surface area (Å²) in [4.78, 5) is 7.37. The molecule has 0 aliphatic carbocycles. The Balaban J connectivity index is 1.96. The summed E-state index contributed by atoms with van der Waals surface area (Å²) in [6, 6.07) is 6.55. The van der Waals surface area contributed by atoms with Gasteiger partial charge in [0.15, 0.2) is 0 Å². The Morgan fingerprint density at radius 3 is 2.95 bits per heavy atom. The molecule has 2 aromatic rings. The maximum absolute atomic E-state index is 6.51. The van der Waals surface area contributed by atoms with Gasteiger partial charge in [-0.2, -0.15) is 0 Å². The van der Waals surface area contributed by atoms with Crippen molar-refractivity contribution in [3.05, 3.63) is 36.3 Å². The van der Waals surface area contributed by atoms with Crippen molar-refractivity contribution < 1.29 is 0 Å². The Hall–Kier alpha value is -1.39. The van der Waals surface area contributed by atoms with Crippen LogP contribution < -0.4 is 5.73 Å². The van der Waals surface area contributed by atoms with Gasteiger partial charge in [0.1, 0.15) is 5.65 Å². The molecule has 0 aromatic carbocycles. The Labute approximate surface area is 127 Å². The maximum Gasteiger partial charge on any atom is 0.137 e. The van der Waals surface area contributed by atoms with Gasteiger partial charge in [0, 0.05) is 25.0 Å². The summed E-state index contributed by atoms with van der Waals surface area (Å²) in [7, 11) is 0. The molecule has 21 heavy (non-hydrogen) atoms. The summed E-state index contributed by atoms with van der Waals surface area (Å²) in [6.45, 7) is 6.77. The molecule has 2 atom stereocenters. The lowest BCUT2D eigenvalue weighted by molar-refractivity contribution is 0.163. The molecule has 0 saturated carbocycles. The summed E-state index contributed by atoms with van der Waals surface area (Å²) >= 11 is 0. The van der Waals surface area contributed by atoms with Crippen molar-refractivity contribution in [2.45, 2.75) is 45.2 Å². The molecule has 3 rings (SSSR count). The average Bonchev–Trinajstić information content (AvgIpc) is 2.77. The van der Waals surface area contributed by atoms with Crippen LogP contribution in [-0.4, -0.2) is 33.4 Å². The van der Waals surface area contributed by atoms with E-state index >= 15 is 0 Å². The number of nitrogens with two attached hydrogens (primary N) is 1. The molecule has 3 heterocycles. The van der Waals surface area contributed by atoms with Crippen molar-refractivity contribution in [3.63, 3.8) is 0 Å². The lowest BCUT2D eigenvalue weighted by atomic mass is 10.0. The van der Waals surface area contributed by atoms with Crippen LogP contribution in [0.25, 0.3) is 5.65 Å². The number of likely N-dealkylation sites (tertiary alicyclic amines) is 1. The van der Waals surface area contributed by atoms with E-state index in [1.54, 1.807) is 0 Å². The smallest absolute Gasteiger partial charge is 0.137 e. The number of aromatic nitrogens is 2. The number of pyridine rings is 1. The van der Waals surface area contributed by atoms with Crippen molar-refractivity contribution in [2.75, 3.05) is 13.1 Å². The van der Waals surface area contributed by atoms with Crippen molar-refractivity contribution in [1.82, 2.24) is 14.3 Å². The van der Waals surface area contributed by atoms with Gasteiger partial charge in [-0.05, 0) is 37.4 Å². The van der Waals surface area contributed by atoms with Crippen LogP contribution in [0.15, 0.2) is 30.6 Å². The fourth-order valence-corrected chi connectivity index (χ4v) is 3.44. The standard InChI is InChI=1S/C17H26N4/c1-13(2)11-21-10-5-3-7-14(18)17(21)15-12-20-9-6-4-8-16(20)19-15/h4,6,8-9,12-14,17H,3,5,7,10-11,18H2,1-2H3. The Bertz CT molecular complexity index is 556. The van der Waals surface area contributed by atoms with E-state index in [1.165, 1.54) is 12.8 Å². The number of hydrogen-bond donors (Lipinski definition) is 1. The minimum atomic E-state index is 0.177. The zero-order chi connectivity index (χ0) is 14.8. The molecule has 1 fully saturated rings. The van der Waals surface area contributed by atoms with Gasteiger partial charge in [0.2, 0.25) is 0 Å². The highest BCUT2D eigenvalue weighted by Crippen LogP contribution is 2.29. The van der Waals surface area contributed by atoms with Crippen LogP contribution in [0.2, 0.25) is 0 Å². The van der Waals surface area contributed by atoms with E-state index in [9.17, 15) is 0 Å². The summed E-state index contributed by atoms with van der Waals surface area (Å²) in [6.07, 6.45) is 7.76. The van der Waals surface area contributed by atoms with Gasteiger partial charge >= 0.3 is 0 Å². The molecule has 0 amide bonds. The normalized spacial score (nSPS) is 24.6. The monoisotopic (exact) mass is 286 g/mol. The van der Waals surface area contributed by atoms with E-state index in [1.807, 2.05) is 12.1 Å². The molecular formula is C17H26N4. The Kier molecular flexibility index (Phi) is 4.27. The van der Waals surface area contributed by atoms with E-state index in [0.717, 1.165) is 30.9 Å². The van der Waals surface area contributed by atoms with E-state index in [-0.39, 0.29) is 12.1 Å². The molecule has 2 aromatic heterocycles. The van der Waals surface area contributed by atoms with Crippen LogP contribution in [0.3, 0.4) is 0 Å². The van der Waals surface area contributed by atoms with Gasteiger partial charge in [-0.15, -0.1) is 0 Å². The topological polar surface area (TPSA) is 46.6 Å². The highest BCUT2D eigenvalue weighted by Gasteiger charge is 2.30. The van der Waals surface area contributed by atoms with Crippen LogP contribution in [-0.2, 0) is 0 Å². The first-order valence-electron chi connectivity index (χ1n) is 8.08. The first kappa shape index (κ1) is 14.5. The van der Waals surface area contributed by atoms with Gasteiger partial charge in [0.25, 0.3) is 0 Å². The van der Waals surface area contributed by atoms with Crippen molar-refractivity contribution in [2.24, 2.45) is 11.7 Å². The third-order valence-electron chi connectivity index (χ3n) is 4.32. The second-order valence-electron chi connectivity index (χ2n) is 6.63. The minimum absolute atomic E-state index is 0.177. The number of nitrogens with zero attached hydrogens (tertiary/aromatic N) is 3. The summed E-state index contributed by atoms with van der Waals surface area (Å²) < 4.78 is 2.10. The number of hydrogen-bond acceptors (Lipinski definition) is 3. The molecule has 0 spiro atoms. The second kappa shape index (κ2) is 6.16. The quantitative estimate of drug-likeness (QED) is 0.943. The third-order valence-corrected chi connectivity index (χ3v) is 4.32. The maximum atomic E-state index is 6.51. The zero-order valence-corrected chi connectivity index (χ0v) is 13.1. The largest absolute Gasteiger partial charge is 0.326 e. The number of rotatable bonds is 3. The first-order valence-corrected chi connectivity index (χ1v) is 8.08.